The molecular weight excluding hydrogens is 544 g/mol. The maximum atomic E-state index is 4.91. The van der Waals surface area contributed by atoms with Crippen molar-refractivity contribution >= 4 is 38.8 Å². The number of ether oxygens (including phenoxy) is 2. The first-order valence-electron chi connectivity index (χ1n) is 5.58. The molecule has 0 aliphatic carbocycles. The summed E-state index contributed by atoms with van der Waals surface area (Å²) < 4.78 is 9.83. The second-order valence-electron chi connectivity index (χ2n) is 3.14. The SMILES string of the molecule is COc1ccccc1.COc1ccccc1.[Cl][Ru][Cl].[Cl][Ru][Cl]. The number of hydrogen-bond acceptors (Lipinski definition) is 2. The Morgan fingerprint density at radius 1 is 0.591 bits per heavy atom. The molecule has 0 aliphatic rings. The minimum absolute atomic E-state index is 0.346. The third kappa shape index (κ3) is 18.5. The van der Waals surface area contributed by atoms with Crippen LogP contribution in [-0.4, -0.2) is 14.2 Å². The van der Waals surface area contributed by atoms with Gasteiger partial charge in [-0.1, -0.05) is 36.4 Å². The van der Waals surface area contributed by atoms with Crippen molar-refractivity contribution < 1.29 is 39.8 Å². The fraction of sp³-hybridized carbons (Fsp3) is 0.143. The van der Waals surface area contributed by atoms with Crippen LogP contribution in [0.1, 0.15) is 0 Å². The van der Waals surface area contributed by atoms with Crippen LogP contribution in [0, 0.1) is 0 Å². The molecule has 0 radical (unpaired) electrons. The average molecular weight is 560 g/mol. The molecule has 2 rings (SSSR count). The van der Waals surface area contributed by atoms with Gasteiger partial charge in [0.05, 0.1) is 14.2 Å². The van der Waals surface area contributed by atoms with E-state index in [0.717, 1.165) is 11.5 Å². The molecular formula is C14H16Cl4O2Ru2. The van der Waals surface area contributed by atoms with Crippen LogP contribution < -0.4 is 9.47 Å². The van der Waals surface area contributed by atoms with Gasteiger partial charge in [0.15, 0.2) is 0 Å². The molecule has 0 atom stereocenters. The fourth-order valence-corrected chi connectivity index (χ4v) is 1.11. The number of rotatable bonds is 2. The normalized spacial score (nSPS) is 8.27. The standard InChI is InChI=1S/2C7H8O.4ClH.2Ru/c2*1-8-7-5-3-2-4-6-7;;;;;;/h2*2-6H,1H3;4*1H;;/q;;;;;;2*+2/p-4. The summed E-state index contributed by atoms with van der Waals surface area (Å²) in [4.78, 5) is 0. The zero-order chi connectivity index (χ0) is 17.1. The second kappa shape index (κ2) is 21.4. The van der Waals surface area contributed by atoms with Gasteiger partial charge in [-0.15, -0.1) is 0 Å². The molecule has 2 aromatic carbocycles. The van der Waals surface area contributed by atoms with Gasteiger partial charge >= 0.3 is 69.1 Å². The number of benzene rings is 2. The summed E-state index contributed by atoms with van der Waals surface area (Å²) in [6.45, 7) is 0. The van der Waals surface area contributed by atoms with Crippen molar-refractivity contribution in [2.45, 2.75) is 0 Å². The number of halogens is 4. The Morgan fingerprint density at radius 3 is 0.955 bits per heavy atom. The zero-order valence-electron chi connectivity index (χ0n) is 11.8. The van der Waals surface area contributed by atoms with E-state index in [9.17, 15) is 0 Å². The Kier molecular flexibility index (Phi) is 24.1. The maximum absolute atomic E-state index is 4.91. The summed E-state index contributed by atoms with van der Waals surface area (Å²) in [6.07, 6.45) is 0. The summed E-state index contributed by atoms with van der Waals surface area (Å²) in [6, 6.07) is 19.4. The van der Waals surface area contributed by atoms with Crippen LogP contribution in [-0.2, 0) is 30.3 Å². The molecule has 0 aliphatic heterocycles. The van der Waals surface area contributed by atoms with E-state index in [0.29, 0.717) is 0 Å². The van der Waals surface area contributed by atoms with Gasteiger partial charge in [-0.05, 0) is 24.3 Å². The van der Waals surface area contributed by atoms with E-state index in [1.165, 1.54) is 0 Å². The van der Waals surface area contributed by atoms with Crippen molar-refractivity contribution in [3.05, 3.63) is 60.7 Å². The molecule has 128 valence electrons. The van der Waals surface area contributed by atoms with Crippen LogP contribution >= 0.6 is 38.8 Å². The predicted molar refractivity (Wildman–Crippen MR) is 89.4 cm³/mol. The third-order valence-electron chi connectivity index (χ3n) is 1.96. The summed E-state index contributed by atoms with van der Waals surface area (Å²) in [5.41, 5.74) is 0. The molecule has 0 unspecified atom stereocenters. The molecule has 0 amide bonds. The molecule has 2 aromatic rings. The first-order valence-corrected chi connectivity index (χ1v) is 14.5. The Balaban J connectivity index is 0. The topological polar surface area (TPSA) is 18.5 Å². The van der Waals surface area contributed by atoms with E-state index in [1.807, 2.05) is 60.7 Å². The molecule has 2 nitrogen and oxygen atoms in total. The molecule has 22 heavy (non-hydrogen) atoms. The van der Waals surface area contributed by atoms with Crippen LogP contribution in [0.4, 0.5) is 0 Å². The van der Waals surface area contributed by atoms with Crippen molar-refractivity contribution in [1.82, 2.24) is 0 Å². The zero-order valence-corrected chi connectivity index (χ0v) is 18.3. The van der Waals surface area contributed by atoms with Crippen LogP contribution in [0.25, 0.3) is 0 Å². The number of hydrogen-bond donors (Lipinski definition) is 0. The van der Waals surface area contributed by atoms with Gasteiger partial charge in [0, 0.05) is 0 Å². The van der Waals surface area contributed by atoms with Crippen LogP contribution in [0.5, 0.6) is 11.5 Å². The van der Waals surface area contributed by atoms with Crippen LogP contribution in [0.15, 0.2) is 60.7 Å². The predicted octanol–water partition coefficient (Wildman–Crippen LogP) is 6.14. The molecule has 0 fully saturated rings. The monoisotopic (exact) mass is 560 g/mol. The van der Waals surface area contributed by atoms with Crippen molar-refractivity contribution in [1.29, 1.82) is 0 Å². The van der Waals surface area contributed by atoms with E-state index < -0.39 is 0 Å². The van der Waals surface area contributed by atoms with Gasteiger partial charge in [0.1, 0.15) is 11.5 Å². The molecule has 0 N–H and O–H groups in total. The van der Waals surface area contributed by atoms with Gasteiger partial charge in [0.25, 0.3) is 0 Å². The van der Waals surface area contributed by atoms with Crippen molar-refractivity contribution in [3.8, 4) is 11.5 Å². The average Bonchev–Trinajstić information content (AvgIpc) is 2.58. The first-order chi connectivity index (χ1) is 10.7. The van der Waals surface area contributed by atoms with Crippen LogP contribution in [0.3, 0.4) is 0 Å². The number of para-hydroxylation sites is 2. The van der Waals surface area contributed by atoms with Crippen molar-refractivity contribution in [2.24, 2.45) is 0 Å². The Hall–Kier alpha value is 0.447. The molecule has 0 aromatic heterocycles. The third-order valence-corrected chi connectivity index (χ3v) is 1.96. The molecule has 0 saturated carbocycles. The minimum atomic E-state index is -0.346. The summed E-state index contributed by atoms with van der Waals surface area (Å²) in [7, 11) is 22.7. The molecule has 0 saturated heterocycles. The Morgan fingerprint density at radius 2 is 0.818 bits per heavy atom. The van der Waals surface area contributed by atoms with E-state index in [4.69, 9.17) is 48.2 Å². The van der Waals surface area contributed by atoms with Crippen molar-refractivity contribution in [2.75, 3.05) is 14.2 Å². The number of methoxy groups -OCH3 is 2. The summed E-state index contributed by atoms with van der Waals surface area (Å²) in [5, 5.41) is 0. The van der Waals surface area contributed by atoms with Gasteiger partial charge in [0.2, 0.25) is 0 Å². The second-order valence-corrected chi connectivity index (χ2v) is 8.41. The molecule has 8 heteroatoms. The van der Waals surface area contributed by atoms with Gasteiger partial charge in [-0.25, -0.2) is 0 Å². The van der Waals surface area contributed by atoms with Crippen LogP contribution in [0.2, 0.25) is 0 Å². The van der Waals surface area contributed by atoms with E-state index >= 15 is 0 Å². The summed E-state index contributed by atoms with van der Waals surface area (Å²) >= 11 is -0.691. The quantitative estimate of drug-likeness (QED) is 0.411. The first kappa shape index (κ1) is 24.7. The molecule has 0 bridgehead atoms. The van der Waals surface area contributed by atoms with E-state index in [2.05, 4.69) is 0 Å². The van der Waals surface area contributed by atoms with Crippen molar-refractivity contribution in [3.63, 3.8) is 0 Å². The van der Waals surface area contributed by atoms with Gasteiger partial charge in [-0.2, -0.15) is 0 Å². The van der Waals surface area contributed by atoms with E-state index in [-0.39, 0.29) is 30.3 Å². The molecule has 0 heterocycles. The van der Waals surface area contributed by atoms with Gasteiger partial charge in [-0.3, -0.25) is 0 Å². The summed E-state index contributed by atoms with van der Waals surface area (Å²) in [5.74, 6) is 1.82. The Bertz CT molecular complexity index is 380. The van der Waals surface area contributed by atoms with E-state index in [1.54, 1.807) is 14.2 Å². The molecule has 0 spiro atoms. The fourth-order valence-electron chi connectivity index (χ4n) is 1.11. The Labute approximate surface area is 163 Å². The van der Waals surface area contributed by atoms with Gasteiger partial charge < -0.3 is 9.47 Å².